The van der Waals surface area contributed by atoms with Crippen molar-refractivity contribution in [1.82, 2.24) is 0 Å². The Morgan fingerprint density at radius 3 is 2.58 bits per heavy atom. The molecule has 0 bridgehead atoms. The highest BCUT2D eigenvalue weighted by atomic mass is 16.7. The van der Waals surface area contributed by atoms with E-state index >= 15 is 0 Å². The van der Waals surface area contributed by atoms with Gasteiger partial charge in [-0.3, -0.25) is 4.79 Å². The van der Waals surface area contributed by atoms with E-state index in [1.807, 2.05) is 38.2 Å². The van der Waals surface area contributed by atoms with Gasteiger partial charge in [-0.25, -0.2) is 0 Å². The van der Waals surface area contributed by atoms with Gasteiger partial charge in [0.2, 0.25) is 13.6 Å². The second kappa shape index (κ2) is 6.70. The van der Waals surface area contributed by atoms with Gasteiger partial charge in [-0.05, 0) is 42.1 Å². The fourth-order valence-corrected chi connectivity index (χ4v) is 4.82. The first kappa shape index (κ1) is 18.2. The number of rotatable bonds is 3. The van der Waals surface area contributed by atoms with E-state index in [1.165, 1.54) is 0 Å². The summed E-state index contributed by atoms with van der Waals surface area (Å²) < 4.78 is 27.9. The number of hydrogen-bond acceptors (Lipinski definition) is 7. The highest BCUT2D eigenvalue weighted by Gasteiger charge is 2.37. The van der Waals surface area contributed by atoms with Crippen LogP contribution in [0.15, 0.2) is 36.4 Å². The Morgan fingerprint density at radius 1 is 1.00 bits per heavy atom. The van der Waals surface area contributed by atoms with Crippen molar-refractivity contribution in [3.63, 3.8) is 0 Å². The number of carbonyl (C=O) groups excluding carboxylic acids is 1. The van der Waals surface area contributed by atoms with Crippen LogP contribution in [0.4, 0.5) is 5.69 Å². The molecule has 0 radical (unpaired) electrons. The number of esters is 1. The molecule has 6 rings (SSSR count). The van der Waals surface area contributed by atoms with Gasteiger partial charge in [0.25, 0.3) is 0 Å². The van der Waals surface area contributed by atoms with E-state index in [0.29, 0.717) is 18.1 Å². The van der Waals surface area contributed by atoms with E-state index in [9.17, 15) is 4.79 Å². The minimum Gasteiger partial charge on any atom is -0.466 e. The lowest BCUT2D eigenvalue weighted by atomic mass is 9.84. The number of fused-ring (bicyclic) bond motifs is 8. The molecule has 3 aliphatic heterocycles. The Bertz CT molecular complexity index is 1240. The molecule has 3 aliphatic rings. The summed E-state index contributed by atoms with van der Waals surface area (Å²) in [5.74, 6) is 2.64. The smallest absolute Gasteiger partial charge is 0.308 e. The van der Waals surface area contributed by atoms with E-state index in [1.54, 1.807) is 0 Å². The standard InChI is InChI=1S/C24H21NO6/c1-3-27-21(26)10-17-22-14(6-7-18-24(22)31-12-28-18)15-5-4-13-8-19-20(30-11-29-19)9-16(13)23(15)25(17)2/h4-9,17H,3,10-12H2,1-2H3/t17-/m0/s1. The maximum absolute atomic E-state index is 12.5. The monoisotopic (exact) mass is 419 g/mol. The van der Waals surface area contributed by atoms with Crippen LogP contribution in [0, 0.1) is 0 Å². The SMILES string of the molecule is CCOC(=O)C[C@H]1c2c(ccc3c2OCO3)-c2ccc3cc4c(cc3c2N1C)OCO4. The number of nitrogens with zero attached hydrogens (tertiary/aromatic N) is 1. The molecule has 3 aromatic carbocycles. The molecule has 0 amide bonds. The van der Waals surface area contributed by atoms with Crippen molar-refractivity contribution in [1.29, 1.82) is 0 Å². The first-order valence-electron chi connectivity index (χ1n) is 10.3. The number of ether oxygens (including phenoxy) is 5. The van der Waals surface area contributed by atoms with Gasteiger partial charge in [0.15, 0.2) is 23.0 Å². The van der Waals surface area contributed by atoms with E-state index < -0.39 is 0 Å². The van der Waals surface area contributed by atoms with Crippen LogP contribution in [0.1, 0.15) is 24.9 Å². The van der Waals surface area contributed by atoms with Crippen LogP contribution in [-0.4, -0.2) is 33.2 Å². The predicted molar refractivity (Wildman–Crippen MR) is 114 cm³/mol. The minimum absolute atomic E-state index is 0.176. The van der Waals surface area contributed by atoms with Crippen molar-refractivity contribution in [3.05, 3.63) is 42.0 Å². The average Bonchev–Trinajstić information content (AvgIpc) is 3.43. The number of anilines is 1. The molecule has 0 fully saturated rings. The van der Waals surface area contributed by atoms with Gasteiger partial charge in [0.1, 0.15) is 0 Å². The summed E-state index contributed by atoms with van der Waals surface area (Å²) >= 11 is 0. The first-order chi connectivity index (χ1) is 15.2. The van der Waals surface area contributed by atoms with Crippen LogP contribution in [0.25, 0.3) is 21.9 Å². The summed E-state index contributed by atoms with van der Waals surface area (Å²) in [6.07, 6.45) is 0.206. The summed E-state index contributed by atoms with van der Waals surface area (Å²) in [4.78, 5) is 14.7. The minimum atomic E-state index is -0.255. The summed E-state index contributed by atoms with van der Waals surface area (Å²) in [6.45, 7) is 2.56. The zero-order valence-corrected chi connectivity index (χ0v) is 17.3. The third-order valence-corrected chi connectivity index (χ3v) is 6.17. The van der Waals surface area contributed by atoms with Crippen LogP contribution in [0.5, 0.6) is 23.0 Å². The third-order valence-electron chi connectivity index (χ3n) is 6.17. The van der Waals surface area contributed by atoms with Crippen LogP contribution >= 0.6 is 0 Å². The van der Waals surface area contributed by atoms with Gasteiger partial charge in [-0.1, -0.05) is 12.1 Å². The maximum atomic E-state index is 12.5. The topological polar surface area (TPSA) is 66.5 Å². The largest absolute Gasteiger partial charge is 0.466 e. The van der Waals surface area contributed by atoms with Crippen LogP contribution in [-0.2, 0) is 9.53 Å². The van der Waals surface area contributed by atoms with E-state index in [-0.39, 0.29) is 32.0 Å². The molecule has 7 heteroatoms. The molecule has 0 spiro atoms. The molecule has 0 aromatic heterocycles. The molecule has 0 saturated heterocycles. The van der Waals surface area contributed by atoms with Gasteiger partial charge in [0.05, 0.1) is 24.8 Å². The van der Waals surface area contributed by atoms with Crippen LogP contribution in [0.2, 0.25) is 0 Å². The molecule has 0 N–H and O–H groups in total. The van der Waals surface area contributed by atoms with E-state index in [2.05, 4.69) is 17.0 Å². The zero-order chi connectivity index (χ0) is 21.1. The van der Waals surface area contributed by atoms with Crippen LogP contribution < -0.4 is 23.8 Å². The molecular formula is C24H21NO6. The van der Waals surface area contributed by atoms with Crippen molar-refractivity contribution in [3.8, 4) is 34.1 Å². The normalized spacial score (nSPS) is 17.5. The Balaban J connectivity index is 1.60. The summed E-state index contributed by atoms with van der Waals surface area (Å²) in [5, 5.41) is 2.09. The maximum Gasteiger partial charge on any atom is 0.308 e. The molecule has 7 nitrogen and oxygen atoms in total. The van der Waals surface area contributed by atoms with Crippen molar-refractivity contribution < 1.29 is 28.5 Å². The highest BCUT2D eigenvalue weighted by molar-refractivity contribution is 6.06. The predicted octanol–water partition coefficient (Wildman–Crippen LogP) is 4.41. The van der Waals surface area contributed by atoms with Gasteiger partial charge < -0.3 is 28.6 Å². The second-order valence-electron chi connectivity index (χ2n) is 7.78. The molecule has 0 aliphatic carbocycles. The Kier molecular flexibility index (Phi) is 3.93. The molecule has 1 atom stereocenters. The lowest BCUT2D eigenvalue weighted by Crippen LogP contribution is -2.31. The molecule has 31 heavy (non-hydrogen) atoms. The molecular weight excluding hydrogens is 398 g/mol. The van der Waals surface area contributed by atoms with Crippen molar-refractivity contribution in [2.24, 2.45) is 0 Å². The first-order valence-corrected chi connectivity index (χ1v) is 10.3. The fraction of sp³-hybridized carbons (Fsp3) is 0.292. The Labute approximate surface area is 179 Å². The van der Waals surface area contributed by atoms with Gasteiger partial charge >= 0.3 is 5.97 Å². The van der Waals surface area contributed by atoms with Gasteiger partial charge in [0, 0.05) is 23.6 Å². The van der Waals surface area contributed by atoms with Gasteiger partial charge in [-0.2, -0.15) is 0 Å². The van der Waals surface area contributed by atoms with E-state index in [4.69, 9.17) is 23.7 Å². The van der Waals surface area contributed by atoms with Gasteiger partial charge in [-0.15, -0.1) is 0 Å². The van der Waals surface area contributed by atoms with Crippen LogP contribution in [0.3, 0.4) is 0 Å². The fourth-order valence-electron chi connectivity index (χ4n) is 4.82. The van der Waals surface area contributed by atoms with Crippen molar-refractivity contribution >= 4 is 22.4 Å². The number of benzene rings is 3. The third kappa shape index (κ3) is 2.62. The molecule has 3 heterocycles. The second-order valence-corrected chi connectivity index (χ2v) is 7.78. The Morgan fingerprint density at radius 2 is 1.74 bits per heavy atom. The number of hydrogen-bond donors (Lipinski definition) is 0. The number of carbonyl (C=O) groups is 1. The van der Waals surface area contributed by atoms with Crippen molar-refractivity contribution in [2.45, 2.75) is 19.4 Å². The Hall–Kier alpha value is -3.61. The molecule has 0 saturated carbocycles. The summed E-state index contributed by atoms with van der Waals surface area (Å²) in [7, 11) is 2.00. The molecule has 0 unspecified atom stereocenters. The zero-order valence-electron chi connectivity index (χ0n) is 17.3. The average molecular weight is 419 g/mol. The lowest BCUT2D eigenvalue weighted by Gasteiger charge is -2.38. The van der Waals surface area contributed by atoms with Crippen molar-refractivity contribution in [2.75, 3.05) is 32.1 Å². The molecule has 3 aromatic rings. The van der Waals surface area contributed by atoms with E-state index in [0.717, 1.165) is 44.6 Å². The molecule has 158 valence electrons. The highest BCUT2D eigenvalue weighted by Crippen LogP contribution is 2.55. The lowest BCUT2D eigenvalue weighted by molar-refractivity contribution is -0.143. The summed E-state index contributed by atoms with van der Waals surface area (Å²) in [5.41, 5.74) is 4.10. The quantitative estimate of drug-likeness (QED) is 0.583. The summed E-state index contributed by atoms with van der Waals surface area (Å²) in [6, 6.07) is 11.9.